The van der Waals surface area contributed by atoms with Gasteiger partial charge in [-0.2, -0.15) is 0 Å². The van der Waals surface area contributed by atoms with E-state index in [1.807, 2.05) is 63.2 Å². The number of ether oxygens (including phenoxy) is 1. The predicted octanol–water partition coefficient (Wildman–Crippen LogP) is 4.51. The van der Waals surface area contributed by atoms with Crippen LogP contribution in [0.15, 0.2) is 60.7 Å². The minimum Gasteiger partial charge on any atom is -0.467 e. The molecular formula is C25H28N4O3. The van der Waals surface area contributed by atoms with E-state index in [9.17, 15) is 9.59 Å². The van der Waals surface area contributed by atoms with Crippen molar-refractivity contribution in [2.45, 2.75) is 33.2 Å². The summed E-state index contributed by atoms with van der Waals surface area (Å²) in [5.74, 6) is 0.700. The van der Waals surface area contributed by atoms with Crippen LogP contribution >= 0.6 is 0 Å². The van der Waals surface area contributed by atoms with E-state index in [1.54, 1.807) is 18.2 Å². The summed E-state index contributed by atoms with van der Waals surface area (Å²) in [4.78, 5) is 33.8. The molecule has 7 nitrogen and oxygen atoms in total. The number of methoxy groups -OCH3 is 1. The quantitative estimate of drug-likeness (QED) is 0.509. The lowest BCUT2D eigenvalue weighted by atomic mass is 10.0. The van der Waals surface area contributed by atoms with Gasteiger partial charge in [-0.15, -0.1) is 0 Å². The fourth-order valence-corrected chi connectivity index (χ4v) is 3.34. The van der Waals surface area contributed by atoms with Crippen molar-refractivity contribution in [1.29, 1.82) is 0 Å². The standard InChI is InChI=1S/C25H28N4O3/c1-16(2)13-22(25(31)32-4)29-24(30)19-11-8-12-20(14-19)28-23-15-21(26-17(3)27-23)18-9-6-5-7-10-18/h5-12,14-16,22H,13H2,1-4H3,(H,29,30)(H,26,27,28). The van der Waals surface area contributed by atoms with Gasteiger partial charge in [0.15, 0.2) is 0 Å². The first-order chi connectivity index (χ1) is 15.4. The second-order valence-electron chi connectivity index (χ2n) is 7.94. The molecule has 0 saturated heterocycles. The minimum atomic E-state index is -0.693. The molecule has 32 heavy (non-hydrogen) atoms. The highest BCUT2D eigenvalue weighted by Gasteiger charge is 2.23. The van der Waals surface area contributed by atoms with E-state index in [0.717, 1.165) is 11.3 Å². The van der Waals surface area contributed by atoms with Gasteiger partial charge in [0.1, 0.15) is 17.7 Å². The number of anilines is 2. The monoisotopic (exact) mass is 432 g/mol. The first kappa shape index (κ1) is 22.9. The summed E-state index contributed by atoms with van der Waals surface area (Å²) >= 11 is 0. The molecule has 0 aliphatic heterocycles. The van der Waals surface area contributed by atoms with Gasteiger partial charge in [0.05, 0.1) is 12.8 Å². The van der Waals surface area contributed by atoms with E-state index in [1.165, 1.54) is 7.11 Å². The summed E-state index contributed by atoms with van der Waals surface area (Å²) in [5, 5.41) is 6.03. The Balaban J connectivity index is 1.78. The molecule has 1 unspecified atom stereocenters. The third-order valence-electron chi connectivity index (χ3n) is 4.80. The lowest BCUT2D eigenvalue weighted by Gasteiger charge is -2.18. The summed E-state index contributed by atoms with van der Waals surface area (Å²) < 4.78 is 4.83. The van der Waals surface area contributed by atoms with Crippen LogP contribution in [0.4, 0.5) is 11.5 Å². The number of benzene rings is 2. The lowest BCUT2D eigenvalue weighted by molar-refractivity contribution is -0.143. The summed E-state index contributed by atoms with van der Waals surface area (Å²) in [5.41, 5.74) is 2.94. The average molecular weight is 433 g/mol. The lowest BCUT2D eigenvalue weighted by Crippen LogP contribution is -2.42. The second-order valence-corrected chi connectivity index (χ2v) is 7.94. The Labute approximate surface area is 188 Å². The zero-order valence-electron chi connectivity index (χ0n) is 18.8. The fraction of sp³-hybridized carbons (Fsp3) is 0.280. The van der Waals surface area contributed by atoms with Crippen LogP contribution in [0.3, 0.4) is 0 Å². The van der Waals surface area contributed by atoms with E-state index in [2.05, 4.69) is 20.6 Å². The molecule has 1 amide bonds. The topological polar surface area (TPSA) is 93.2 Å². The number of hydrogen-bond acceptors (Lipinski definition) is 6. The van der Waals surface area contributed by atoms with Gasteiger partial charge in [0.25, 0.3) is 5.91 Å². The SMILES string of the molecule is COC(=O)C(CC(C)C)NC(=O)c1cccc(Nc2cc(-c3ccccc3)nc(C)n2)c1. The Morgan fingerprint density at radius 1 is 1.00 bits per heavy atom. The molecule has 7 heteroatoms. The minimum absolute atomic E-state index is 0.229. The summed E-state index contributed by atoms with van der Waals surface area (Å²) in [7, 11) is 1.32. The van der Waals surface area contributed by atoms with E-state index < -0.39 is 12.0 Å². The smallest absolute Gasteiger partial charge is 0.328 e. The molecule has 3 rings (SSSR count). The van der Waals surface area contributed by atoms with Gasteiger partial charge in [0, 0.05) is 22.9 Å². The number of rotatable bonds is 8. The van der Waals surface area contributed by atoms with Crippen LogP contribution in [-0.2, 0) is 9.53 Å². The van der Waals surface area contributed by atoms with Crippen molar-refractivity contribution < 1.29 is 14.3 Å². The Hall–Kier alpha value is -3.74. The first-order valence-electron chi connectivity index (χ1n) is 10.5. The highest BCUT2D eigenvalue weighted by Crippen LogP contribution is 2.22. The number of aryl methyl sites for hydroxylation is 1. The number of carbonyl (C=O) groups is 2. The van der Waals surface area contributed by atoms with Crippen LogP contribution in [0.1, 0.15) is 36.5 Å². The fourth-order valence-electron chi connectivity index (χ4n) is 3.34. The van der Waals surface area contributed by atoms with Gasteiger partial charge in [-0.3, -0.25) is 4.79 Å². The van der Waals surface area contributed by atoms with E-state index in [0.29, 0.717) is 29.3 Å². The zero-order chi connectivity index (χ0) is 23.1. The van der Waals surface area contributed by atoms with Crippen molar-refractivity contribution >= 4 is 23.4 Å². The Bertz CT molecular complexity index is 1080. The molecule has 0 aliphatic carbocycles. The molecule has 1 atom stereocenters. The Morgan fingerprint density at radius 2 is 1.75 bits per heavy atom. The first-order valence-corrected chi connectivity index (χ1v) is 10.5. The van der Waals surface area contributed by atoms with Gasteiger partial charge in [0.2, 0.25) is 0 Å². The van der Waals surface area contributed by atoms with Gasteiger partial charge in [-0.1, -0.05) is 50.2 Å². The van der Waals surface area contributed by atoms with Crippen molar-refractivity contribution in [3.8, 4) is 11.3 Å². The summed E-state index contributed by atoms with van der Waals surface area (Å²) in [6, 6.07) is 18.1. The summed E-state index contributed by atoms with van der Waals surface area (Å²) in [6.45, 7) is 5.81. The highest BCUT2D eigenvalue weighted by molar-refractivity contribution is 5.97. The van der Waals surface area contributed by atoms with Crippen LogP contribution in [0.2, 0.25) is 0 Å². The Morgan fingerprint density at radius 3 is 2.44 bits per heavy atom. The van der Waals surface area contributed by atoms with E-state index >= 15 is 0 Å². The average Bonchev–Trinajstić information content (AvgIpc) is 2.78. The molecule has 0 aliphatic rings. The molecule has 2 N–H and O–H groups in total. The van der Waals surface area contributed by atoms with Crippen molar-refractivity contribution in [3.05, 3.63) is 72.1 Å². The van der Waals surface area contributed by atoms with Gasteiger partial charge >= 0.3 is 5.97 Å². The molecule has 1 aromatic heterocycles. The number of nitrogens with one attached hydrogen (secondary N) is 2. The molecule has 0 bridgehead atoms. The molecule has 1 heterocycles. The number of carbonyl (C=O) groups excluding carboxylic acids is 2. The molecule has 3 aromatic rings. The van der Waals surface area contributed by atoms with Crippen LogP contribution < -0.4 is 10.6 Å². The number of hydrogen-bond donors (Lipinski definition) is 2. The molecule has 166 valence electrons. The molecule has 0 spiro atoms. The van der Waals surface area contributed by atoms with Crippen molar-refractivity contribution in [2.24, 2.45) is 5.92 Å². The summed E-state index contributed by atoms with van der Waals surface area (Å²) in [6.07, 6.45) is 0.499. The predicted molar refractivity (Wildman–Crippen MR) is 125 cm³/mol. The third-order valence-corrected chi connectivity index (χ3v) is 4.80. The van der Waals surface area contributed by atoms with Crippen molar-refractivity contribution in [3.63, 3.8) is 0 Å². The van der Waals surface area contributed by atoms with Crippen molar-refractivity contribution in [2.75, 3.05) is 12.4 Å². The molecule has 2 aromatic carbocycles. The number of nitrogens with zero attached hydrogens (tertiary/aromatic N) is 2. The largest absolute Gasteiger partial charge is 0.467 e. The molecule has 0 radical (unpaired) electrons. The Kier molecular flexibility index (Phi) is 7.54. The van der Waals surface area contributed by atoms with Crippen LogP contribution in [0.5, 0.6) is 0 Å². The third kappa shape index (κ3) is 6.14. The van der Waals surface area contributed by atoms with E-state index in [4.69, 9.17) is 4.74 Å². The molecule has 0 saturated carbocycles. The molecular weight excluding hydrogens is 404 g/mol. The maximum absolute atomic E-state index is 12.8. The maximum atomic E-state index is 12.8. The highest BCUT2D eigenvalue weighted by atomic mass is 16.5. The molecule has 0 fully saturated rings. The number of esters is 1. The van der Waals surface area contributed by atoms with Crippen LogP contribution in [0, 0.1) is 12.8 Å². The maximum Gasteiger partial charge on any atom is 0.328 e. The normalized spacial score (nSPS) is 11.7. The number of aromatic nitrogens is 2. The van der Waals surface area contributed by atoms with Gasteiger partial charge in [-0.25, -0.2) is 14.8 Å². The number of amides is 1. The van der Waals surface area contributed by atoms with Crippen LogP contribution in [-0.4, -0.2) is 35.0 Å². The van der Waals surface area contributed by atoms with Gasteiger partial charge < -0.3 is 15.4 Å². The van der Waals surface area contributed by atoms with Crippen molar-refractivity contribution in [1.82, 2.24) is 15.3 Å². The zero-order valence-corrected chi connectivity index (χ0v) is 18.8. The van der Waals surface area contributed by atoms with Gasteiger partial charge in [-0.05, 0) is 37.5 Å². The van der Waals surface area contributed by atoms with E-state index in [-0.39, 0.29) is 11.8 Å². The van der Waals surface area contributed by atoms with Crippen LogP contribution in [0.25, 0.3) is 11.3 Å². The second kappa shape index (κ2) is 10.5.